The second-order valence-electron chi connectivity index (χ2n) is 5.51. The fourth-order valence-corrected chi connectivity index (χ4v) is 2.70. The van der Waals surface area contributed by atoms with Crippen LogP contribution in [0.1, 0.15) is 37.8 Å². The zero-order valence-corrected chi connectivity index (χ0v) is 11.8. The predicted molar refractivity (Wildman–Crippen MR) is 76.5 cm³/mol. The molecule has 1 aromatic rings. The highest BCUT2D eigenvalue weighted by Crippen LogP contribution is 2.30. The van der Waals surface area contributed by atoms with Gasteiger partial charge in [0.25, 0.3) is 0 Å². The highest BCUT2D eigenvalue weighted by atomic mass is 16.3. The van der Waals surface area contributed by atoms with Crippen molar-refractivity contribution in [3.63, 3.8) is 0 Å². The number of piperidine rings is 1. The van der Waals surface area contributed by atoms with Crippen molar-refractivity contribution in [2.75, 3.05) is 20.1 Å². The molecule has 0 aromatic heterocycles. The number of phenolic OH excluding ortho intramolecular Hbond substituents is 2. The van der Waals surface area contributed by atoms with Crippen LogP contribution in [0.2, 0.25) is 0 Å². The lowest BCUT2D eigenvalue weighted by Gasteiger charge is -2.32. The Kier molecular flexibility index (Phi) is 4.66. The minimum Gasteiger partial charge on any atom is -0.508 e. The Morgan fingerprint density at radius 1 is 1.37 bits per heavy atom. The van der Waals surface area contributed by atoms with Crippen molar-refractivity contribution in [3.8, 4) is 11.5 Å². The highest BCUT2D eigenvalue weighted by molar-refractivity contribution is 5.40. The number of nitrogens with one attached hydrogen (secondary N) is 1. The van der Waals surface area contributed by atoms with Gasteiger partial charge in [-0.2, -0.15) is 0 Å². The van der Waals surface area contributed by atoms with Crippen LogP contribution in [0.5, 0.6) is 11.5 Å². The van der Waals surface area contributed by atoms with Gasteiger partial charge in [-0.1, -0.05) is 6.42 Å². The summed E-state index contributed by atoms with van der Waals surface area (Å²) in [5.74, 6) is 0.442. The second kappa shape index (κ2) is 6.26. The van der Waals surface area contributed by atoms with Gasteiger partial charge in [-0.3, -0.25) is 4.90 Å². The van der Waals surface area contributed by atoms with Crippen LogP contribution in [-0.4, -0.2) is 41.3 Å². The first kappa shape index (κ1) is 14.2. The molecule has 0 amide bonds. The van der Waals surface area contributed by atoms with Gasteiger partial charge in [0.2, 0.25) is 0 Å². The number of phenols is 2. The quantitative estimate of drug-likeness (QED) is 0.730. The Hall–Kier alpha value is -1.26. The van der Waals surface area contributed by atoms with Crippen LogP contribution in [0.25, 0.3) is 0 Å². The summed E-state index contributed by atoms with van der Waals surface area (Å²) < 4.78 is 0. The van der Waals surface area contributed by atoms with E-state index < -0.39 is 0 Å². The van der Waals surface area contributed by atoms with E-state index in [0.717, 1.165) is 18.7 Å². The predicted octanol–water partition coefficient (Wildman–Crippen LogP) is 2.23. The number of benzene rings is 1. The van der Waals surface area contributed by atoms with Crippen molar-refractivity contribution >= 4 is 0 Å². The second-order valence-corrected chi connectivity index (χ2v) is 5.51. The van der Waals surface area contributed by atoms with E-state index in [1.165, 1.54) is 25.3 Å². The summed E-state index contributed by atoms with van der Waals surface area (Å²) in [5.41, 5.74) is 0.776. The van der Waals surface area contributed by atoms with E-state index in [4.69, 9.17) is 0 Å². The first-order valence-electron chi connectivity index (χ1n) is 7.03. The molecular formula is C15H24N2O2. The molecule has 1 aliphatic heterocycles. The summed E-state index contributed by atoms with van der Waals surface area (Å²) in [5, 5.41) is 23.0. The lowest BCUT2D eigenvalue weighted by Crippen LogP contribution is -2.43. The van der Waals surface area contributed by atoms with Gasteiger partial charge in [-0.25, -0.2) is 0 Å². The maximum atomic E-state index is 9.91. The van der Waals surface area contributed by atoms with Crippen LogP contribution in [0.3, 0.4) is 0 Å². The number of likely N-dealkylation sites (N-methyl/N-ethyl adjacent to an activating group) is 1. The summed E-state index contributed by atoms with van der Waals surface area (Å²) >= 11 is 0. The van der Waals surface area contributed by atoms with Gasteiger partial charge in [-0.15, -0.1) is 0 Å². The third-order valence-electron chi connectivity index (χ3n) is 4.04. The molecule has 2 rings (SSSR count). The molecule has 1 saturated heterocycles. The zero-order valence-electron chi connectivity index (χ0n) is 11.8. The first-order chi connectivity index (χ1) is 9.08. The van der Waals surface area contributed by atoms with E-state index in [2.05, 4.69) is 24.2 Å². The van der Waals surface area contributed by atoms with Gasteiger partial charge < -0.3 is 15.5 Å². The number of rotatable bonds is 4. The SMILES string of the molecule is CC(c1cc(O)ccc1O)N(C)CC1CCCCN1. The Morgan fingerprint density at radius 3 is 2.84 bits per heavy atom. The molecule has 0 saturated carbocycles. The van der Waals surface area contributed by atoms with Gasteiger partial charge in [0.1, 0.15) is 11.5 Å². The van der Waals surface area contributed by atoms with Gasteiger partial charge >= 0.3 is 0 Å². The van der Waals surface area contributed by atoms with Gasteiger partial charge in [-0.05, 0) is 51.6 Å². The molecule has 106 valence electrons. The first-order valence-corrected chi connectivity index (χ1v) is 7.03. The molecule has 0 bridgehead atoms. The molecule has 19 heavy (non-hydrogen) atoms. The molecular weight excluding hydrogens is 240 g/mol. The molecule has 0 radical (unpaired) electrons. The molecule has 1 aromatic carbocycles. The number of hydrogen-bond acceptors (Lipinski definition) is 4. The van der Waals surface area contributed by atoms with Crippen LogP contribution in [0.4, 0.5) is 0 Å². The van der Waals surface area contributed by atoms with E-state index in [-0.39, 0.29) is 17.5 Å². The molecule has 4 nitrogen and oxygen atoms in total. The summed E-state index contributed by atoms with van der Waals surface area (Å²) in [6.07, 6.45) is 3.77. The fourth-order valence-electron chi connectivity index (χ4n) is 2.70. The van der Waals surface area contributed by atoms with Crippen LogP contribution >= 0.6 is 0 Å². The van der Waals surface area contributed by atoms with Crippen LogP contribution in [0.15, 0.2) is 18.2 Å². The van der Waals surface area contributed by atoms with E-state index in [1.807, 2.05) is 0 Å². The van der Waals surface area contributed by atoms with E-state index in [1.54, 1.807) is 12.1 Å². The summed E-state index contributed by atoms with van der Waals surface area (Å²) in [7, 11) is 2.06. The monoisotopic (exact) mass is 264 g/mol. The molecule has 2 unspecified atom stereocenters. The third kappa shape index (κ3) is 3.61. The van der Waals surface area contributed by atoms with Crippen LogP contribution < -0.4 is 5.32 Å². The third-order valence-corrected chi connectivity index (χ3v) is 4.04. The lowest BCUT2D eigenvalue weighted by atomic mass is 10.0. The van der Waals surface area contributed by atoms with Crippen LogP contribution in [-0.2, 0) is 0 Å². The minimum atomic E-state index is 0.0795. The normalized spacial score (nSPS) is 21.5. The van der Waals surface area contributed by atoms with Crippen molar-refractivity contribution in [3.05, 3.63) is 23.8 Å². The van der Waals surface area contributed by atoms with Crippen molar-refractivity contribution in [2.45, 2.75) is 38.3 Å². The fraction of sp³-hybridized carbons (Fsp3) is 0.600. The Labute approximate surface area is 115 Å². The maximum absolute atomic E-state index is 9.91. The van der Waals surface area contributed by atoms with Crippen LogP contribution in [0, 0.1) is 0 Å². The molecule has 1 fully saturated rings. The average molecular weight is 264 g/mol. The summed E-state index contributed by atoms with van der Waals surface area (Å²) in [6, 6.07) is 5.31. The Balaban J connectivity index is 2.01. The smallest absolute Gasteiger partial charge is 0.120 e. The van der Waals surface area contributed by atoms with Gasteiger partial charge in [0, 0.05) is 24.2 Å². The van der Waals surface area contributed by atoms with Crippen molar-refractivity contribution in [1.82, 2.24) is 10.2 Å². The standard InChI is InChI=1S/C15H24N2O2/c1-11(14-9-13(18)6-7-15(14)19)17(2)10-12-5-3-4-8-16-12/h6-7,9,11-12,16,18-19H,3-5,8,10H2,1-2H3. The van der Waals surface area contributed by atoms with Crippen molar-refractivity contribution in [2.24, 2.45) is 0 Å². The average Bonchev–Trinajstić information content (AvgIpc) is 2.42. The molecule has 0 spiro atoms. The van der Waals surface area contributed by atoms with E-state index in [0.29, 0.717) is 6.04 Å². The van der Waals surface area contributed by atoms with Gasteiger partial charge in [0.05, 0.1) is 0 Å². The largest absolute Gasteiger partial charge is 0.508 e. The molecule has 0 aliphatic carbocycles. The molecule has 4 heteroatoms. The topological polar surface area (TPSA) is 55.7 Å². The summed E-state index contributed by atoms with van der Waals surface area (Å²) in [4.78, 5) is 2.22. The van der Waals surface area contributed by atoms with E-state index >= 15 is 0 Å². The Morgan fingerprint density at radius 2 is 2.16 bits per heavy atom. The lowest BCUT2D eigenvalue weighted by molar-refractivity contribution is 0.211. The van der Waals surface area contributed by atoms with Gasteiger partial charge in [0.15, 0.2) is 0 Å². The molecule has 1 aliphatic rings. The molecule has 3 N–H and O–H groups in total. The number of aromatic hydroxyl groups is 2. The number of nitrogens with zero attached hydrogens (tertiary/aromatic N) is 1. The van der Waals surface area contributed by atoms with Crippen molar-refractivity contribution in [1.29, 1.82) is 0 Å². The Bertz CT molecular complexity index is 417. The van der Waals surface area contributed by atoms with E-state index in [9.17, 15) is 10.2 Å². The molecule has 2 atom stereocenters. The highest BCUT2D eigenvalue weighted by Gasteiger charge is 2.20. The minimum absolute atomic E-state index is 0.0795. The zero-order chi connectivity index (χ0) is 13.8. The maximum Gasteiger partial charge on any atom is 0.120 e. The number of hydrogen-bond donors (Lipinski definition) is 3. The summed E-state index contributed by atoms with van der Waals surface area (Å²) in [6.45, 7) is 4.11. The molecule has 1 heterocycles. The van der Waals surface area contributed by atoms with Crippen molar-refractivity contribution < 1.29 is 10.2 Å².